The first-order valence-corrected chi connectivity index (χ1v) is 6.54. The van der Waals surface area contributed by atoms with Crippen molar-refractivity contribution in [3.63, 3.8) is 0 Å². The highest BCUT2D eigenvalue weighted by atomic mass is 19.1. The molecule has 0 radical (unpaired) electrons. The average Bonchev–Trinajstić information content (AvgIpc) is 2.93. The van der Waals surface area contributed by atoms with Gasteiger partial charge in [0.2, 0.25) is 5.91 Å². The highest BCUT2D eigenvalue weighted by Crippen LogP contribution is 2.24. The predicted molar refractivity (Wildman–Crippen MR) is 72.0 cm³/mol. The zero-order chi connectivity index (χ0) is 13.8. The molecule has 0 spiro atoms. The fourth-order valence-electron chi connectivity index (χ4n) is 2.24. The lowest BCUT2D eigenvalue weighted by molar-refractivity contribution is -0.121. The van der Waals surface area contributed by atoms with Crippen LogP contribution in [0.4, 0.5) is 10.1 Å². The Hall–Kier alpha value is -1.62. The molecule has 1 aromatic carbocycles. The number of benzene rings is 1. The summed E-state index contributed by atoms with van der Waals surface area (Å²) < 4.78 is 18.9. The lowest BCUT2D eigenvalue weighted by Gasteiger charge is -2.21. The Morgan fingerprint density at radius 3 is 2.95 bits per heavy atom. The van der Waals surface area contributed by atoms with Gasteiger partial charge in [0.25, 0.3) is 0 Å². The molecule has 1 saturated heterocycles. The maximum atomic E-state index is 13.8. The number of carbonyl (C=O) groups is 1. The minimum absolute atomic E-state index is 0.0142. The van der Waals surface area contributed by atoms with Crippen LogP contribution >= 0.6 is 0 Å². The molecule has 19 heavy (non-hydrogen) atoms. The summed E-state index contributed by atoms with van der Waals surface area (Å²) in [5, 5.41) is 3.16. The number of ether oxygens (including phenoxy) is 1. The van der Waals surface area contributed by atoms with Crippen LogP contribution in [0.2, 0.25) is 0 Å². The molecule has 0 bridgehead atoms. The fraction of sp³-hybridized carbons (Fsp3) is 0.500. The normalized spacial score (nSPS) is 18.4. The Bertz CT molecular complexity index is 459. The SMILES string of the molecule is CCOc1ccc(N(C)C(=O)C2CCNC2)cc1F. The smallest absolute Gasteiger partial charge is 0.231 e. The first-order valence-electron chi connectivity index (χ1n) is 6.54. The number of nitrogens with zero attached hydrogens (tertiary/aromatic N) is 1. The van der Waals surface area contributed by atoms with Crippen molar-refractivity contribution < 1.29 is 13.9 Å². The second-order valence-electron chi connectivity index (χ2n) is 4.63. The third-order valence-electron chi connectivity index (χ3n) is 3.34. The molecule has 1 aromatic rings. The van der Waals surface area contributed by atoms with E-state index in [0.717, 1.165) is 13.0 Å². The lowest BCUT2D eigenvalue weighted by atomic mass is 10.1. The number of halogens is 1. The molecule has 1 atom stereocenters. The molecule has 1 N–H and O–H groups in total. The van der Waals surface area contributed by atoms with E-state index in [1.807, 2.05) is 0 Å². The zero-order valence-electron chi connectivity index (χ0n) is 11.3. The average molecular weight is 266 g/mol. The molecule has 2 rings (SSSR count). The summed E-state index contributed by atoms with van der Waals surface area (Å²) >= 11 is 0. The molecule has 1 unspecified atom stereocenters. The molecule has 0 saturated carbocycles. The molecule has 0 aliphatic carbocycles. The van der Waals surface area contributed by atoms with E-state index >= 15 is 0 Å². The second kappa shape index (κ2) is 6.02. The van der Waals surface area contributed by atoms with E-state index in [4.69, 9.17) is 4.74 Å². The Morgan fingerprint density at radius 2 is 2.37 bits per heavy atom. The van der Waals surface area contributed by atoms with Gasteiger partial charge in [-0.25, -0.2) is 4.39 Å². The van der Waals surface area contributed by atoms with Gasteiger partial charge in [-0.05, 0) is 32.0 Å². The van der Waals surface area contributed by atoms with E-state index in [1.54, 1.807) is 26.1 Å². The number of anilines is 1. The van der Waals surface area contributed by atoms with Crippen molar-refractivity contribution in [2.75, 3.05) is 31.6 Å². The summed E-state index contributed by atoms with van der Waals surface area (Å²) in [6.07, 6.45) is 0.836. The maximum absolute atomic E-state index is 13.8. The van der Waals surface area contributed by atoms with Gasteiger partial charge < -0.3 is 15.0 Å². The van der Waals surface area contributed by atoms with E-state index in [-0.39, 0.29) is 17.6 Å². The molecule has 1 fully saturated rings. The van der Waals surface area contributed by atoms with Crippen molar-refractivity contribution in [2.24, 2.45) is 5.92 Å². The van der Waals surface area contributed by atoms with Gasteiger partial charge in [0, 0.05) is 25.3 Å². The van der Waals surface area contributed by atoms with E-state index < -0.39 is 5.82 Å². The van der Waals surface area contributed by atoms with Gasteiger partial charge in [-0.2, -0.15) is 0 Å². The van der Waals surface area contributed by atoms with E-state index in [9.17, 15) is 9.18 Å². The van der Waals surface area contributed by atoms with Crippen LogP contribution in [0.1, 0.15) is 13.3 Å². The van der Waals surface area contributed by atoms with Crippen LogP contribution in [-0.2, 0) is 4.79 Å². The third kappa shape index (κ3) is 3.04. The molecule has 104 valence electrons. The molecule has 5 heteroatoms. The second-order valence-corrected chi connectivity index (χ2v) is 4.63. The van der Waals surface area contributed by atoms with Crippen molar-refractivity contribution >= 4 is 11.6 Å². The topological polar surface area (TPSA) is 41.6 Å². The quantitative estimate of drug-likeness (QED) is 0.903. The zero-order valence-corrected chi connectivity index (χ0v) is 11.3. The number of amides is 1. The minimum Gasteiger partial charge on any atom is -0.491 e. The van der Waals surface area contributed by atoms with Gasteiger partial charge in [0.15, 0.2) is 11.6 Å². The lowest BCUT2D eigenvalue weighted by Crippen LogP contribution is -2.34. The van der Waals surface area contributed by atoms with Crippen molar-refractivity contribution in [3.8, 4) is 5.75 Å². The van der Waals surface area contributed by atoms with Gasteiger partial charge in [-0.15, -0.1) is 0 Å². The molecule has 1 heterocycles. The number of hydrogen-bond donors (Lipinski definition) is 1. The Kier molecular flexibility index (Phi) is 4.37. The molecular weight excluding hydrogens is 247 g/mol. The summed E-state index contributed by atoms with van der Waals surface area (Å²) in [5.74, 6) is -0.216. The highest BCUT2D eigenvalue weighted by molar-refractivity contribution is 5.94. The molecular formula is C14H19FN2O2. The van der Waals surface area contributed by atoms with Crippen LogP contribution in [0.3, 0.4) is 0 Å². The van der Waals surface area contributed by atoms with Crippen LogP contribution < -0.4 is 15.0 Å². The minimum atomic E-state index is -0.441. The van der Waals surface area contributed by atoms with Crippen LogP contribution in [0, 0.1) is 11.7 Å². The first-order chi connectivity index (χ1) is 9.13. The molecule has 1 aliphatic heterocycles. The summed E-state index contributed by atoms with van der Waals surface area (Å²) in [5.41, 5.74) is 0.554. The number of rotatable bonds is 4. The highest BCUT2D eigenvalue weighted by Gasteiger charge is 2.26. The van der Waals surface area contributed by atoms with Crippen LogP contribution in [0.5, 0.6) is 5.75 Å². The third-order valence-corrected chi connectivity index (χ3v) is 3.34. The van der Waals surface area contributed by atoms with Crippen LogP contribution in [-0.4, -0.2) is 32.7 Å². The van der Waals surface area contributed by atoms with Crippen molar-refractivity contribution in [3.05, 3.63) is 24.0 Å². The van der Waals surface area contributed by atoms with Crippen molar-refractivity contribution in [1.29, 1.82) is 0 Å². The Balaban J connectivity index is 2.12. The Morgan fingerprint density at radius 1 is 1.58 bits per heavy atom. The summed E-state index contributed by atoms with van der Waals surface area (Å²) in [4.78, 5) is 13.7. The number of carbonyl (C=O) groups excluding carboxylic acids is 1. The van der Waals surface area contributed by atoms with Gasteiger partial charge in [0.05, 0.1) is 12.5 Å². The first kappa shape index (κ1) is 13.8. The molecule has 4 nitrogen and oxygen atoms in total. The van der Waals surface area contributed by atoms with E-state index in [1.165, 1.54) is 11.0 Å². The maximum Gasteiger partial charge on any atom is 0.231 e. The molecule has 0 aromatic heterocycles. The predicted octanol–water partition coefficient (Wildman–Crippen LogP) is 1.80. The van der Waals surface area contributed by atoms with Crippen molar-refractivity contribution in [1.82, 2.24) is 5.32 Å². The Labute approximate surface area is 112 Å². The summed E-state index contributed by atoms with van der Waals surface area (Å²) in [7, 11) is 1.68. The van der Waals surface area contributed by atoms with E-state index in [2.05, 4.69) is 5.32 Å². The number of nitrogens with one attached hydrogen (secondary N) is 1. The van der Waals surface area contributed by atoms with Gasteiger partial charge in [0.1, 0.15) is 0 Å². The van der Waals surface area contributed by atoms with Gasteiger partial charge in [-0.1, -0.05) is 0 Å². The number of hydrogen-bond acceptors (Lipinski definition) is 3. The van der Waals surface area contributed by atoms with Crippen LogP contribution in [0.15, 0.2) is 18.2 Å². The van der Waals surface area contributed by atoms with Gasteiger partial charge in [-0.3, -0.25) is 4.79 Å². The molecule has 1 amide bonds. The standard InChI is InChI=1S/C14H19FN2O2/c1-3-19-13-5-4-11(8-12(13)15)17(2)14(18)10-6-7-16-9-10/h4-5,8,10,16H,3,6-7,9H2,1-2H3. The van der Waals surface area contributed by atoms with Crippen molar-refractivity contribution in [2.45, 2.75) is 13.3 Å². The summed E-state index contributed by atoms with van der Waals surface area (Å²) in [6.45, 7) is 3.78. The monoisotopic (exact) mass is 266 g/mol. The molecule has 1 aliphatic rings. The van der Waals surface area contributed by atoms with E-state index in [0.29, 0.717) is 18.8 Å². The van der Waals surface area contributed by atoms with Crippen LogP contribution in [0.25, 0.3) is 0 Å². The largest absolute Gasteiger partial charge is 0.491 e. The summed E-state index contributed by atoms with van der Waals surface area (Å²) in [6, 6.07) is 4.60. The van der Waals surface area contributed by atoms with Gasteiger partial charge >= 0.3 is 0 Å². The fourth-order valence-corrected chi connectivity index (χ4v) is 2.24.